The van der Waals surface area contributed by atoms with Crippen LogP contribution in [0.15, 0.2) is 54.6 Å². The van der Waals surface area contributed by atoms with Gasteiger partial charge in [-0.15, -0.1) is 0 Å². The Bertz CT molecular complexity index is 1010. The van der Waals surface area contributed by atoms with Crippen LogP contribution in [0.3, 0.4) is 0 Å². The number of amides is 3. The Hall–Kier alpha value is -3.92. The Labute approximate surface area is 203 Å². The SMILES string of the molecule is CC(C)C(NC(=O)C(Cc1ccccc1)NC(=O)C(Cc1ccc(O)cc1)NC(=O)CN)C(=O)O. The van der Waals surface area contributed by atoms with Crippen LogP contribution in [-0.2, 0) is 32.0 Å². The molecule has 0 aliphatic rings. The summed E-state index contributed by atoms with van der Waals surface area (Å²) in [7, 11) is 0. The highest BCUT2D eigenvalue weighted by Gasteiger charge is 2.31. The smallest absolute Gasteiger partial charge is 0.326 e. The molecular weight excluding hydrogens is 452 g/mol. The van der Waals surface area contributed by atoms with E-state index in [2.05, 4.69) is 16.0 Å². The zero-order chi connectivity index (χ0) is 26.0. The number of benzene rings is 2. The van der Waals surface area contributed by atoms with Crippen molar-refractivity contribution in [2.75, 3.05) is 6.54 Å². The fourth-order valence-electron chi connectivity index (χ4n) is 3.43. The van der Waals surface area contributed by atoms with Gasteiger partial charge in [0.1, 0.15) is 23.9 Å². The molecule has 2 rings (SSSR count). The molecule has 2 aromatic rings. The lowest BCUT2D eigenvalue weighted by Gasteiger charge is -2.25. The molecule has 0 heterocycles. The van der Waals surface area contributed by atoms with Crippen LogP contribution in [0.4, 0.5) is 0 Å². The summed E-state index contributed by atoms with van der Waals surface area (Å²) in [4.78, 5) is 49.9. The second kappa shape index (κ2) is 13.1. The van der Waals surface area contributed by atoms with Gasteiger partial charge in [-0.1, -0.05) is 56.3 Å². The first-order valence-electron chi connectivity index (χ1n) is 11.3. The number of nitrogens with one attached hydrogen (secondary N) is 3. The number of aliphatic carboxylic acids is 1. The first kappa shape index (κ1) is 27.3. The van der Waals surface area contributed by atoms with Crippen molar-refractivity contribution in [2.24, 2.45) is 11.7 Å². The lowest BCUT2D eigenvalue weighted by molar-refractivity contribution is -0.143. The molecule has 0 saturated heterocycles. The Morgan fingerprint density at radius 3 is 1.83 bits per heavy atom. The average Bonchev–Trinajstić information content (AvgIpc) is 2.82. The lowest BCUT2D eigenvalue weighted by Crippen LogP contribution is -2.57. The molecule has 10 heteroatoms. The molecule has 0 aromatic heterocycles. The summed E-state index contributed by atoms with van der Waals surface area (Å²) in [5, 5.41) is 26.7. The number of carboxylic acids is 1. The zero-order valence-electron chi connectivity index (χ0n) is 19.7. The highest BCUT2D eigenvalue weighted by atomic mass is 16.4. The number of carbonyl (C=O) groups is 4. The van der Waals surface area contributed by atoms with Gasteiger partial charge >= 0.3 is 5.97 Å². The summed E-state index contributed by atoms with van der Waals surface area (Å²) in [5.74, 6) is -3.35. The lowest BCUT2D eigenvalue weighted by atomic mass is 10.0. The minimum absolute atomic E-state index is 0.0541. The van der Waals surface area contributed by atoms with Crippen molar-refractivity contribution in [3.05, 3.63) is 65.7 Å². The number of carboxylic acid groups (broad SMARTS) is 1. The second-order valence-corrected chi connectivity index (χ2v) is 8.51. The maximum Gasteiger partial charge on any atom is 0.326 e. The molecule has 0 bridgehead atoms. The molecule has 2 aromatic carbocycles. The quantitative estimate of drug-likeness (QED) is 0.252. The van der Waals surface area contributed by atoms with Gasteiger partial charge < -0.3 is 31.9 Å². The highest BCUT2D eigenvalue weighted by Crippen LogP contribution is 2.12. The zero-order valence-corrected chi connectivity index (χ0v) is 19.7. The molecule has 35 heavy (non-hydrogen) atoms. The van der Waals surface area contributed by atoms with Gasteiger partial charge in [0.05, 0.1) is 6.54 Å². The summed E-state index contributed by atoms with van der Waals surface area (Å²) in [5.41, 5.74) is 6.82. The monoisotopic (exact) mass is 484 g/mol. The largest absolute Gasteiger partial charge is 0.508 e. The van der Waals surface area contributed by atoms with E-state index in [1.807, 2.05) is 6.07 Å². The third kappa shape index (κ3) is 8.74. The number of phenols is 1. The predicted molar refractivity (Wildman–Crippen MR) is 129 cm³/mol. The van der Waals surface area contributed by atoms with E-state index in [1.165, 1.54) is 12.1 Å². The molecular formula is C25H32N4O6. The third-order valence-corrected chi connectivity index (χ3v) is 5.36. The number of phenolic OH excluding ortho intramolecular Hbond substituents is 1. The predicted octanol–water partition coefficient (Wildman–Crippen LogP) is 0.331. The van der Waals surface area contributed by atoms with Crippen LogP contribution < -0.4 is 21.7 Å². The molecule has 188 valence electrons. The number of rotatable bonds is 12. The van der Waals surface area contributed by atoms with Crippen LogP contribution in [0.5, 0.6) is 5.75 Å². The van der Waals surface area contributed by atoms with Crippen LogP contribution in [0.1, 0.15) is 25.0 Å². The average molecular weight is 485 g/mol. The molecule has 10 nitrogen and oxygen atoms in total. The van der Waals surface area contributed by atoms with Gasteiger partial charge in [-0.2, -0.15) is 0 Å². The summed E-state index contributed by atoms with van der Waals surface area (Å²) in [6.07, 6.45) is 0.195. The molecule has 0 aliphatic heterocycles. The minimum atomic E-state index is -1.18. The molecule has 0 aliphatic carbocycles. The van der Waals surface area contributed by atoms with E-state index in [0.29, 0.717) is 5.56 Å². The number of hydrogen-bond donors (Lipinski definition) is 6. The summed E-state index contributed by atoms with van der Waals surface area (Å²) in [6.45, 7) is 3.00. The topological polar surface area (TPSA) is 171 Å². The van der Waals surface area contributed by atoms with Crippen molar-refractivity contribution in [1.29, 1.82) is 0 Å². The maximum absolute atomic E-state index is 13.2. The summed E-state index contributed by atoms with van der Waals surface area (Å²) >= 11 is 0. The van der Waals surface area contributed by atoms with Crippen LogP contribution >= 0.6 is 0 Å². The molecule has 0 fully saturated rings. The molecule has 7 N–H and O–H groups in total. The van der Waals surface area contributed by atoms with Crippen molar-refractivity contribution in [3.8, 4) is 5.75 Å². The third-order valence-electron chi connectivity index (χ3n) is 5.36. The summed E-state index contributed by atoms with van der Waals surface area (Å²) < 4.78 is 0. The molecule has 0 radical (unpaired) electrons. The van der Waals surface area contributed by atoms with E-state index < -0.39 is 41.8 Å². The van der Waals surface area contributed by atoms with Crippen molar-refractivity contribution >= 4 is 23.7 Å². The van der Waals surface area contributed by atoms with Crippen LogP contribution in [0.25, 0.3) is 0 Å². The fraction of sp³-hybridized carbons (Fsp3) is 0.360. The van der Waals surface area contributed by atoms with Gasteiger partial charge in [-0.25, -0.2) is 4.79 Å². The van der Waals surface area contributed by atoms with Crippen LogP contribution in [0.2, 0.25) is 0 Å². The Morgan fingerprint density at radius 2 is 1.31 bits per heavy atom. The van der Waals surface area contributed by atoms with Crippen molar-refractivity contribution in [2.45, 2.75) is 44.8 Å². The summed E-state index contributed by atoms with van der Waals surface area (Å²) in [6, 6.07) is 11.8. The Morgan fingerprint density at radius 1 is 0.800 bits per heavy atom. The maximum atomic E-state index is 13.2. The first-order chi connectivity index (χ1) is 16.6. The number of hydrogen-bond acceptors (Lipinski definition) is 6. The van der Waals surface area contributed by atoms with Gasteiger partial charge in [0.15, 0.2) is 0 Å². The van der Waals surface area contributed by atoms with Crippen molar-refractivity contribution in [3.63, 3.8) is 0 Å². The van der Waals surface area contributed by atoms with E-state index in [0.717, 1.165) is 5.56 Å². The minimum Gasteiger partial charge on any atom is -0.508 e. The van der Waals surface area contributed by atoms with Gasteiger partial charge in [-0.3, -0.25) is 14.4 Å². The standard InChI is InChI=1S/C25H32N4O6/c1-15(2)22(25(34)35)29-24(33)20(12-16-6-4-3-5-7-16)28-23(32)19(27-21(31)14-26)13-17-8-10-18(30)11-9-17/h3-11,15,19-20,22,30H,12-14,26H2,1-2H3,(H,27,31)(H,28,32)(H,29,33)(H,34,35). The number of aromatic hydroxyl groups is 1. The van der Waals surface area contributed by atoms with Crippen molar-refractivity contribution in [1.82, 2.24) is 16.0 Å². The second-order valence-electron chi connectivity index (χ2n) is 8.51. The van der Waals surface area contributed by atoms with Gasteiger partial charge in [-0.05, 0) is 29.2 Å². The Balaban J connectivity index is 2.27. The van der Waals surface area contributed by atoms with Crippen LogP contribution in [0, 0.1) is 5.92 Å². The Kier molecular flexibility index (Phi) is 10.2. The first-order valence-corrected chi connectivity index (χ1v) is 11.3. The molecule has 0 saturated carbocycles. The molecule has 0 spiro atoms. The fourth-order valence-corrected chi connectivity index (χ4v) is 3.43. The molecule has 3 amide bonds. The normalized spacial score (nSPS) is 13.4. The highest BCUT2D eigenvalue weighted by molar-refractivity contribution is 5.94. The van der Waals surface area contributed by atoms with Gasteiger partial charge in [0.25, 0.3) is 0 Å². The molecule has 3 unspecified atom stereocenters. The van der Waals surface area contributed by atoms with E-state index in [9.17, 15) is 29.4 Å². The number of carbonyl (C=O) groups excluding carboxylic acids is 3. The van der Waals surface area contributed by atoms with E-state index >= 15 is 0 Å². The van der Waals surface area contributed by atoms with Crippen LogP contribution in [-0.4, -0.2) is 58.6 Å². The van der Waals surface area contributed by atoms with Gasteiger partial charge in [0.2, 0.25) is 17.7 Å². The van der Waals surface area contributed by atoms with E-state index in [-0.39, 0.29) is 31.1 Å². The van der Waals surface area contributed by atoms with Crippen molar-refractivity contribution < 1.29 is 29.4 Å². The molecule has 3 atom stereocenters. The van der Waals surface area contributed by atoms with Gasteiger partial charge in [0, 0.05) is 12.8 Å². The number of nitrogens with two attached hydrogens (primary N) is 1. The van der Waals surface area contributed by atoms with E-state index in [1.54, 1.807) is 50.2 Å². The van der Waals surface area contributed by atoms with E-state index in [4.69, 9.17) is 5.73 Å².